The molecule has 3 heteroatoms. The number of rotatable bonds is 3. The van der Waals surface area contributed by atoms with E-state index in [1.165, 1.54) is 5.56 Å². The summed E-state index contributed by atoms with van der Waals surface area (Å²) in [5.74, 6) is -0.273. The van der Waals surface area contributed by atoms with Gasteiger partial charge in [0, 0.05) is 43.9 Å². The van der Waals surface area contributed by atoms with Crippen LogP contribution in [0.2, 0.25) is 0 Å². The summed E-state index contributed by atoms with van der Waals surface area (Å²) in [7, 11) is 0. The predicted octanol–water partition coefficient (Wildman–Crippen LogP) is 14.0. The van der Waals surface area contributed by atoms with Crippen LogP contribution in [0.15, 0.2) is 120 Å². The fourth-order valence-electron chi connectivity index (χ4n) is 7.60. The molecule has 6 aromatic carbocycles. The first kappa shape index (κ1) is 33.0. The fraction of sp³-hybridized carbons (Fsp3) is 0.250. The Kier molecular flexibility index (Phi) is 7.40. The Balaban J connectivity index is 1.54. The fourth-order valence-corrected chi connectivity index (χ4v) is 7.60. The van der Waals surface area contributed by atoms with E-state index in [-0.39, 0.29) is 22.1 Å². The van der Waals surface area contributed by atoms with Gasteiger partial charge in [0.15, 0.2) is 0 Å². The summed E-state index contributed by atoms with van der Waals surface area (Å²) in [5.41, 5.74) is 11.2. The standard InChI is InChI=1S/C48H46FNO/c1-46(2,3)31-25-36-37-26-32(47(4,5)6)28-39(48(7,8)9)45(37)51-44(36)38(27-31)42-40(49)23-22-35-34-20-13-14-21-41(34)50(43(35)42)33-19-15-18-30(24-33)29-16-11-10-12-17-29/h10-28H,1-9H3. The summed E-state index contributed by atoms with van der Waals surface area (Å²) < 4.78 is 26.3. The van der Waals surface area contributed by atoms with Crippen LogP contribution in [-0.2, 0) is 16.2 Å². The van der Waals surface area contributed by atoms with Gasteiger partial charge in [0.05, 0.1) is 11.0 Å². The van der Waals surface area contributed by atoms with Gasteiger partial charge in [-0.15, -0.1) is 0 Å². The zero-order chi connectivity index (χ0) is 36.0. The minimum Gasteiger partial charge on any atom is -0.455 e. The topological polar surface area (TPSA) is 18.1 Å². The number of nitrogens with zero attached hydrogens (tertiary/aromatic N) is 1. The van der Waals surface area contributed by atoms with Gasteiger partial charge >= 0.3 is 0 Å². The number of benzene rings is 6. The minimum absolute atomic E-state index is 0.0603. The first-order chi connectivity index (χ1) is 24.1. The number of aromatic nitrogens is 1. The highest BCUT2D eigenvalue weighted by Gasteiger charge is 2.29. The molecule has 0 atom stereocenters. The normalized spacial score (nSPS) is 12.9. The second kappa shape index (κ2) is 11.4. The average molecular weight is 672 g/mol. The van der Waals surface area contributed by atoms with Crippen molar-refractivity contribution in [3.8, 4) is 27.9 Å². The summed E-state index contributed by atoms with van der Waals surface area (Å²) >= 11 is 0. The van der Waals surface area contributed by atoms with E-state index in [9.17, 15) is 0 Å². The van der Waals surface area contributed by atoms with E-state index in [0.717, 1.165) is 77.2 Å². The van der Waals surface area contributed by atoms with Crippen molar-refractivity contribution in [3.63, 3.8) is 0 Å². The second-order valence-electron chi connectivity index (χ2n) is 17.2. The van der Waals surface area contributed by atoms with Crippen LogP contribution in [0, 0.1) is 5.82 Å². The van der Waals surface area contributed by atoms with E-state index in [0.29, 0.717) is 5.56 Å². The molecule has 2 aromatic heterocycles. The van der Waals surface area contributed by atoms with Gasteiger partial charge in [0.25, 0.3) is 0 Å². The highest BCUT2D eigenvalue weighted by atomic mass is 19.1. The Morgan fingerprint density at radius 3 is 1.82 bits per heavy atom. The summed E-state index contributed by atoms with van der Waals surface area (Å²) in [6.07, 6.45) is 0. The van der Waals surface area contributed by atoms with Crippen molar-refractivity contribution in [3.05, 3.63) is 138 Å². The van der Waals surface area contributed by atoms with Gasteiger partial charge in [-0.3, -0.25) is 0 Å². The molecule has 2 heterocycles. The lowest BCUT2D eigenvalue weighted by molar-refractivity contribution is 0.559. The van der Waals surface area contributed by atoms with Gasteiger partial charge in [-0.25, -0.2) is 4.39 Å². The van der Waals surface area contributed by atoms with Gasteiger partial charge in [-0.05, 0) is 87.0 Å². The van der Waals surface area contributed by atoms with Crippen molar-refractivity contribution in [1.29, 1.82) is 0 Å². The van der Waals surface area contributed by atoms with Crippen molar-refractivity contribution >= 4 is 43.7 Å². The number of para-hydroxylation sites is 1. The Labute approximate surface area is 300 Å². The minimum atomic E-state index is -0.273. The lowest BCUT2D eigenvalue weighted by atomic mass is 9.79. The third-order valence-corrected chi connectivity index (χ3v) is 10.5. The Bertz CT molecular complexity index is 2630. The lowest BCUT2D eigenvalue weighted by Gasteiger charge is -2.25. The number of hydrogen-bond donors (Lipinski definition) is 0. The molecular formula is C48H46FNO. The molecule has 0 N–H and O–H groups in total. The van der Waals surface area contributed by atoms with Crippen LogP contribution < -0.4 is 0 Å². The molecular weight excluding hydrogens is 626 g/mol. The van der Waals surface area contributed by atoms with E-state index in [1.807, 2.05) is 12.1 Å². The van der Waals surface area contributed by atoms with E-state index in [4.69, 9.17) is 4.42 Å². The van der Waals surface area contributed by atoms with Gasteiger partial charge in [0.2, 0.25) is 0 Å². The molecule has 8 aromatic rings. The van der Waals surface area contributed by atoms with Crippen molar-refractivity contribution in [2.75, 3.05) is 0 Å². The Morgan fingerprint density at radius 2 is 1.14 bits per heavy atom. The molecule has 0 saturated carbocycles. The molecule has 0 spiro atoms. The largest absolute Gasteiger partial charge is 0.455 e. The van der Waals surface area contributed by atoms with Crippen LogP contribution in [0.25, 0.3) is 71.7 Å². The van der Waals surface area contributed by atoms with Crippen LogP contribution in [0.5, 0.6) is 0 Å². The molecule has 51 heavy (non-hydrogen) atoms. The van der Waals surface area contributed by atoms with E-state index in [2.05, 4.69) is 164 Å². The summed E-state index contributed by atoms with van der Waals surface area (Å²) in [4.78, 5) is 0. The van der Waals surface area contributed by atoms with Gasteiger partial charge < -0.3 is 8.98 Å². The molecule has 0 radical (unpaired) electrons. The monoisotopic (exact) mass is 671 g/mol. The molecule has 0 saturated heterocycles. The maximum Gasteiger partial charge on any atom is 0.143 e. The smallest absolute Gasteiger partial charge is 0.143 e. The maximum atomic E-state index is 17.0. The first-order valence-electron chi connectivity index (χ1n) is 18.0. The molecule has 0 fully saturated rings. The lowest BCUT2D eigenvalue weighted by Crippen LogP contribution is -2.16. The van der Waals surface area contributed by atoms with Crippen LogP contribution in [0.4, 0.5) is 4.39 Å². The van der Waals surface area contributed by atoms with Gasteiger partial charge in [0.1, 0.15) is 17.0 Å². The molecule has 0 unspecified atom stereocenters. The highest BCUT2D eigenvalue weighted by molar-refractivity contribution is 6.18. The summed E-state index contributed by atoms with van der Waals surface area (Å²) in [5, 5.41) is 4.19. The number of halogens is 1. The average Bonchev–Trinajstić information content (AvgIpc) is 3.63. The summed E-state index contributed by atoms with van der Waals surface area (Å²) in [6.45, 7) is 20.2. The van der Waals surface area contributed by atoms with Crippen molar-refractivity contribution in [1.82, 2.24) is 4.57 Å². The predicted molar refractivity (Wildman–Crippen MR) is 215 cm³/mol. The second-order valence-corrected chi connectivity index (χ2v) is 17.2. The quantitative estimate of drug-likeness (QED) is 0.183. The highest BCUT2D eigenvalue weighted by Crippen LogP contribution is 2.47. The van der Waals surface area contributed by atoms with Crippen LogP contribution >= 0.6 is 0 Å². The maximum absolute atomic E-state index is 17.0. The zero-order valence-corrected chi connectivity index (χ0v) is 31.2. The molecule has 0 aliphatic carbocycles. The third-order valence-electron chi connectivity index (χ3n) is 10.5. The van der Waals surface area contributed by atoms with E-state index >= 15 is 4.39 Å². The summed E-state index contributed by atoms with van der Waals surface area (Å²) in [6, 6.07) is 40.0. The Hall–Kier alpha value is -5.15. The molecule has 8 rings (SSSR count). The number of furan rings is 1. The number of fused-ring (bicyclic) bond motifs is 6. The molecule has 2 nitrogen and oxygen atoms in total. The molecule has 256 valence electrons. The van der Waals surface area contributed by atoms with Crippen molar-refractivity contribution in [2.24, 2.45) is 0 Å². The SMILES string of the molecule is CC(C)(C)c1cc(-c2c(F)ccc3c4ccccc4n(-c4cccc(-c5ccccc5)c4)c23)c2oc3c(C(C)(C)C)cc(C(C)(C)C)cc3c2c1. The van der Waals surface area contributed by atoms with Gasteiger partial charge in [-0.2, -0.15) is 0 Å². The van der Waals surface area contributed by atoms with Crippen molar-refractivity contribution in [2.45, 2.75) is 78.6 Å². The molecule has 0 aliphatic heterocycles. The molecule has 0 aliphatic rings. The van der Waals surface area contributed by atoms with Crippen LogP contribution in [0.1, 0.15) is 79.0 Å². The molecule has 0 bridgehead atoms. The van der Waals surface area contributed by atoms with Crippen LogP contribution in [0.3, 0.4) is 0 Å². The number of hydrogen-bond acceptors (Lipinski definition) is 1. The Morgan fingerprint density at radius 1 is 0.510 bits per heavy atom. The molecule has 0 amide bonds. The van der Waals surface area contributed by atoms with E-state index in [1.54, 1.807) is 6.07 Å². The zero-order valence-electron chi connectivity index (χ0n) is 31.2. The first-order valence-corrected chi connectivity index (χ1v) is 18.0. The van der Waals surface area contributed by atoms with Gasteiger partial charge in [-0.1, -0.05) is 129 Å². The van der Waals surface area contributed by atoms with Crippen LogP contribution in [-0.4, -0.2) is 4.57 Å². The third kappa shape index (κ3) is 5.46. The van der Waals surface area contributed by atoms with E-state index < -0.39 is 0 Å². The van der Waals surface area contributed by atoms with Crippen molar-refractivity contribution < 1.29 is 8.81 Å².